The van der Waals surface area contributed by atoms with Crippen molar-refractivity contribution < 1.29 is 9.53 Å². The van der Waals surface area contributed by atoms with E-state index in [9.17, 15) is 4.79 Å². The Balaban J connectivity index is 1.44. The van der Waals surface area contributed by atoms with E-state index in [0.29, 0.717) is 24.7 Å². The Morgan fingerprint density at radius 3 is 2.41 bits per heavy atom. The standard InChI is InChI=1S/C22H23N5O2/c1-16-6-8-18(9-7-16)25-22-23-14-17(15-24-22)21(28)26-19-4-2-3-5-20(19)27-10-12-29-13-11-27/h2-9,14-15H,10-13H2,1H3,(H,26,28)(H,23,24,25). The first-order valence-corrected chi connectivity index (χ1v) is 9.58. The molecule has 3 aromatic rings. The van der Waals surface area contributed by atoms with E-state index in [0.717, 1.165) is 30.2 Å². The third-order valence-electron chi connectivity index (χ3n) is 4.73. The summed E-state index contributed by atoms with van der Waals surface area (Å²) in [5.74, 6) is 0.201. The number of benzene rings is 2. The summed E-state index contributed by atoms with van der Waals surface area (Å²) >= 11 is 0. The predicted octanol–water partition coefficient (Wildman–Crippen LogP) is 3.62. The zero-order valence-electron chi connectivity index (χ0n) is 16.3. The van der Waals surface area contributed by atoms with Crippen LogP contribution in [0.4, 0.5) is 23.0 Å². The molecule has 7 nitrogen and oxygen atoms in total. The highest BCUT2D eigenvalue weighted by molar-refractivity contribution is 6.05. The molecular formula is C22H23N5O2. The molecule has 1 aliphatic rings. The molecule has 1 aliphatic heterocycles. The molecule has 1 saturated heterocycles. The van der Waals surface area contributed by atoms with Gasteiger partial charge in [0.05, 0.1) is 30.2 Å². The first kappa shape index (κ1) is 18.9. The fourth-order valence-electron chi connectivity index (χ4n) is 3.13. The molecule has 0 aliphatic carbocycles. The second-order valence-electron chi connectivity index (χ2n) is 6.86. The number of anilines is 4. The van der Waals surface area contributed by atoms with Crippen molar-refractivity contribution in [1.82, 2.24) is 9.97 Å². The van der Waals surface area contributed by atoms with Gasteiger partial charge in [-0.25, -0.2) is 9.97 Å². The number of para-hydroxylation sites is 2. The molecule has 0 spiro atoms. The van der Waals surface area contributed by atoms with Gasteiger partial charge in [-0.1, -0.05) is 29.8 Å². The number of hydrogen-bond acceptors (Lipinski definition) is 6. The summed E-state index contributed by atoms with van der Waals surface area (Å²) in [6.45, 7) is 5.01. The van der Waals surface area contributed by atoms with Crippen molar-refractivity contribution in [3.05, 3.63) is 72.1 Å². The lowest BCUT2D eigenvalue weighted by Crippen LogP contribution is -2.36. The van der Waals surface area contributed by atoms with Gasteiger partial charge in [0, 0.05) is 31.2 Å². The molecule has 29 heavy (non-hydrogen) atoms. The summed E-state index contributed by atoms with van der Waals surface area (Å²) in [7, 11) is 0. The van der Waals surface area contributed by atoms with Gasteiger partial charge in [0.1, 0.15) is 0 Å². The second-order valence-corrected chi connectivity index (χ2v) is 6.86. The molecule has 4 rings (SSSR count). The van der Waals surface area contributed by atoms with Crippen molar-refractivity contribution in [2.24, 2.45) is 0 Å². The van der Waals surface area contributed by atoms with Crippen molar-refractivity contribution in [2.75, 3.05) is 41.8 Å². The maximum Gasteiger partial charge on any atom is 0.258 e. The third kappa shape index (κ3) is 4.70. The summed E-state index contributed by atoms with van der Waals surface area (Å²) in [4.78, 5) is 23.4. The topological polar surface area (TPSA) is 79.4 Å². The van der Waals surface area contributed by atoms with Crippen molar-refractivity contribution in [3.8, 4) is 0 Å². The predicted molar refractivity (Wildman–Crippen MR) is 114 cm³/mol. The average Bonchev–Trinajstić information content (AvgIpc) is 2.77. The van der Waals surface area contributed by atoms with Gasteiger partial charge >= 0.3 is 0 Å². The van der Waals surface area contributed by atoms with Crippen LogP contribution in [-0.2, 0) is 4.74 Å². The van der Waals surface area contributed by atoms with Gasteiger partial charge in [0.2, 0.25) is 5.95 Å². The Bertz CT molecular complexity index is 967. The molecule has 0 radical (unpaired) electrons. The number of morpholine rings is 1. The molecular weight excluding hydrogens is 366 g/mol. The monoisotopic (exact) mass is 389 g/mol. The summed E-state index contributed by atoms with van der Waals surface area (Å²) in [5.41, 5.74) is 4.23. The van der Waals surface area contributed by atoms with Gasteiger partial charge in [-0.05, 0) is 31.2 Å². The van der Waals surface area contributed by atoms with Gasteiger partial charge < -0.3 is 20.3 Å². The van der Waals surface area contributed by atoms with E-state index >= 15 is 0 Å². The Kier molecular flexibility index (Phi) is 5.67. The quantitative estimate of drug-likeness (QED) is 0.694. The number of aromatic nitrogens is 2. The number of carbonyl (C=O) groups excluding carboxylic acids is 1. The van der Waals surface area contributed by atoms with Gasteiger partial charge in [-0.15, -0.1) is 0 Å². The number of nitrogens with one attached hydrogen (secondary N) is 2. The summed E-state index contributed by atoms with van der Waals surface area (Å²) < 4.78 is 5.42. The zero-order chi connectivity index (χ0) is 20.1. The van der Waals surface area contributed by atoms with E-state index in [1.807, 2.05) is 55.5 Å². The van der Waals surface area contributed by atoms with Gasteiger partial charge in [0.15, 0.2) is 0 Å². The fraction of sp³-hybridized carbons (Fsp3) is 0.227. The van der Waals surface area contributed by atoms with Crippen LogP contribution >= 0.6 is 0 Å². The van der Waals surface area contributed by atoms with Crippen molar-refractivity contribution in [3.63, 3.8) is 0 Å². The summed E-state index contributed by atoms with van der Waals surface area (Å²) in [6.07, 6.45) is 3.05. The molecule has 1 fully saturated rings. The minimum absolute atomic E-state index is 0.243. The van der Waals surface area contributed by atoms with Crippen LogP contribution in [0.5, 0.6) is 0 Å². The molecule has 2 aromatic carbocycles. The normalized spacial score (nSPS) is 13.8. The Hall–Kier alpha value is -3.45. The minimum atomic E-state index is -0.243. The van der Waals surface area contributed by atoms with Crippen LogP contribution < -0.4 is 15.5 Å². The van der Waals surface area contributed by atoms with Gasteiger partial charge in [0.25, 0.3) is 5.91 Å². The van der Waals surface area contributed by atoms with Crippen LogP contribution in [0, 0.1) is 6.92 Å². The Labute approximate surface area is 169 Å². The lowest BCUT2D eigenvalue weighted by atomic mass is 10.2. The van der Waals surface area contributed by atoms with Crippen LogP contribution in [0.1, 0.15) is 15.9 Å². The SMILES string of the molecule is Cc1ccc(Nc2ncc(C(=O)Nc3ccccc3N3CCOCC3)cn2)cc1. The van der Waals surface area contributed by atoms with Crippen LogP contribution in [0.2, 0.25) is 0 Å². The lowest BCUT2D eigenvalue weighted by molar-refractivity contribution is 0.102. The molecule has 1 aromatic heterocycles. The number of aryl methyl sites for hydroxylation is 1. The van der Waals surface area contributed by atoms with Crippen molar-refractivity contribution in [1.29, 1.82) is 0 Å². The summed E-state index contributed by atoms with van der Waals surface area (Å²) in [6, 6.07) is 15.7. The number of hydrogen-bond donors (Lipinski definition) is 2. The van der Waals surface area contributed by atoms with Crippen molar-refractivity contribution >= 4 is 28.9 Å². The van der Waals surface area contributed by atoms with E-state index < -0.39 is 0 Å². The zero-order valence-corrected chi connectivity index (χ0v) is 16.3. The second kappa shape index (κ2) is 8.70. The molecule has 0 unspecified atom stereocenters. The Morgan fingerprint density at radius 1 is 1.00 bits per heavy atom. The third-order valence-corrected chi connectivity index (χ3v) is 4.73. The molecule has 2 heterocycles. The van der Waals surface area contributed by atoms with Crippen molar-refractivity contribution in [2.45, 2.75) is 6.92 Å². The average molecular weight is 389 g/mol. The molecule has 2 N–H and O–H groups in total. The highest BCUT2D eigenvalue weighted by atomic mass is 16.5. The Morgan fingerprint density at radius 2 is 1.69 bits per heavy atom. The highest BCUT2D eigenvalue weighted by Crippen LogP contribution is 2.26. The highest BCUT2D eigenvalue weighted by Gasteiger charge is 2.16. The smallest absolute Gasteiger partial charge is 0.258 e. The van der Waals surface area contributed by atoms with E-state index in [-0.39, 0.29) is 5.91 Å². The number of ether oxygens (including phenoxy) is 1. The van der Waals surface area contributed by atoms with Crippen LogP contribution in [0.3, 0.4) is 0 Å². The molecule has 1 amide bonds. The first-order chi connectivity index (χ1) is 14.2. The van der Waals surface area contributed by atoms with E-state index in [1.165, 1.54) is 18.0 Å². The van der Waals surface area contributed by atoms with Gasteiger partial charge in [-0.3, -0.25) is 4.79 Å². The number of rotatable bonds is 5. The van der Waals surface area contributed by atoms with Crippen LogP contribution in [-0.4, -0.2) is 42.2 Å². The van der Waals surface area contributed by atoms with Crippen LogP contribution in [0.25, 0.3) is 0 Å². The molecule has 148 valence electrons. The van der Waals surface area contributed by atoms with E-state index in [2.05, 4.69) is 25.5 Å². The number of amides is 1. The lowest BCUT2D eigenvalue weighted by Gasteiger charge is -2.30. The maximum atomic E-state index is 12.7. The minimum Gasteiger partial charge on any atom is -0.378 e. The maximum absolute atomic E-state index is 12.7. The fourth-order valence-corrected chi connectivity index (χ4v) is 3.13. The molecule has 0 saturated carbocycles. The van der Waals surface area contributed by atoms with E-state index in [1.54, 1.807) is 0 Å². The van der Waals surface area contributed by atoms with Crippen LogP contribution in [0.15, 0.2) is 60.9 Å². The van der Waals surface area contributed by atoms with E-state index in [4.69, 9.17) is 4.74 Å². The van der Waals surface area contributed by atoms with Gasteiger partial charge in [-0.2, -0.15) is 0 Å². The largest absolute Gasteiger partial charge is 0.378 e. The number of carbonyl (C=O) groups is 1. The molecule has 0 atom stereocenters. The molecule has 0 bridgehead atoms. The first-order valence-electron chi connectivity index (χ1n) is 9.58. The summed E-state index contributed by atoms with van der Waals surface area (Å²) in [5, 5.41) is 6.10. The number of nitrogens with zero attached hydrogens (tertiary/aromatic N) is 3. The molecule has 7 heteroatoms.